The second-order valence-electron chi connectivity index (χ2n) is 9.85. The molecule has 4 aromatic rings. The van der Waals surface area contributed by atoms with E-state index in [9.17, 15) is 18.0 Å². The normalized spacial score (nSPS) is 15.3. The SMILES string of the molecule is CN(C)C(=O)Cn1cc(-c2nc(C(C)(c3ccc(-c4cnc(N)c(C(F)(F)F)c4)cc3)C3CC3)no2)cn1. The maximum absolute atomic E-state index is 13.3. The molecule has 0 aliphatic heterocycles. The number of rotatable bonds is 7. The summed E-state index contributed by atoms with van der Waals surface area (Å²) in [4.78, 5) is 21.9. The van der Waals surface area contributed by atoms with Crippen LogP contribution in [0.1, 0.15) is 36.7 Å². The quantitative estimate of drug-likeness (QED) is 0.380. The summed E-state index contributed by atoms with van der Waals surface area (Å²) in [5.74, 6) is 0.434. The highest BCUT2D eigenvalue weighted by Gasteiger charge is 2.47. The van der Waals surface area contributed by atoms with Gasteiger partial charge in [-0.2, -0.15) is 23.3 Å². The first-order valence-corrected chi connectivity index (χ1v) is 12.0. The third-order valence-corrected chi connectivity index (χ3v) is 7.00. The van der Waals surface area contributed by atoms with E-state index in [1.54, 1.807) is 38.6 Å². The number of anilines is 1. The first-order valence-electron chi connectivity index (χ1n) is 12.0. The Kier molecular flexibility index (Phi) is 6.20. The number of nitrogens with two attached hydrogens (primary N) is 1. The number of halogens is 3. The molecule has 12 heteroatoms. The molecule has 1 saturated carbocycles. The molecule has 9 nitrogen and oxygen atoms in total. The molecular weight excluding hydrogens is 499 g/mol. The molecule has 3 heterocycles. The highest BCUT2D eigenvalue weighted by atomic mass is 19.4. The zero-order valence-corrected chi connectivity index (χ0v) is 21.0. The Bertz CT molecular complexity index is 1470. The van der Waals surface area contributed by atoms with Crippen molar-refractivity contribution in [2.24, 2.45) is 5.92 Å². The van der Waals surface area contributed by atoms with Gasteiger partial charge in [0.1, 0.15) is 12.4 Å². The van der Waals surface area contributed by atoms with Crippen molar-refractivity contribution >= 4 is 11.7 Å². The number of benzene rings is 1. The molecule has 1 aliphatic rings. The third-order valence-electron chi connectivity index (χ3n) is 7.00. The van der Waals surface area contributed by atoms with Crippen molar-refractivity contribution in [3.05, 3.63) is 65.9 Å². The molecule has 1 amide bonds. The lowest BCUT2D eigenvalue weighted by Crippen LogP contribution is -2.28. The number of amides is 1. The number of hydrogen-bond acceptors (Lipinski definition) is 7. The van der Waals surface area contributed by atoms with Crippen LogP contribution in [0.25, 0.3) is 22.6 Å². The Morgan fingerprint density at radius 2 is 1.84 bits per heavy atom. The molecule has 1 unspecified atom stereocenters. The van der Waals surface area contributed by atoms with E-state index < -0.39 is 23.0 Å². The van der Waals surface area contributed by atoms with Crippen LogP contribution < -0.4 is 5.73 Å². The minimum absolute atomic E-state index is 0.0914. The number of carbonyl (C=O) groups is 1. The zero-order valence-electron chi connectivity index (χ0n) is 21.0. The summed E-state index contributed by atoms with van der Waals surface area (Å²) in [5.41, 5.74) is 6.33. The van der Waals surface area contributed by atoms with E-state index in [0.29, 0.717) is 28.4 Å². The second kappa shape index (κ2) is 9.26. The van der Waals surface area contributed by atoms with E-state index in [1.807, 2.05) is 19.1 Å². The number of nitrogen functional groups attached to an aromatic ring is 1. The smallest absolute Gasteiger partial charge is 0.383 e. The summed E-state index contributed by atoms with van der Waals surface area (Å²) in [5, 5.41) is 8.50. The van der Waals surface area contributed by atoms with Crippen molar-refractivity contribution in [2.45, 2.75) is 37.9 Å². The van der Waals surface area contributed by atoms with E-state index >= 15 is 0 Å². The lowest BCUT2D eigenvalue weighted by molar-refractivity contribution is -0.137. The van der Waals surface area contributed by atoms with Crippen molar-refractivity contribution in [1.29, 1.82) is 0 Å². The number of nitrogens with zero attached hydrogens (tertiary/aromatic N) is 6. The first-order chi connectivity index (χ1) is 18.0. The summed E-state index contributed by atoms with van der Waals surface area (Å²) in [6.07, 6.45) is 1.97. The van der Waals surface area contributed by atoms with Gasteiger partial charge in [0.15, 0.2) is 5.82 Å². The van der Waals surface area contributed by atoms with Gasteiger partial charge in [0.25, 0.3) is 5.89 Å². The molecule has 1 atom stereocenters. The van der Waals surface area contributed by atoms with Crippen molar-refractivity contribution in [3.8, 4) is 22.6 Å². The number of carbonyl (C=O) groups excluding carboxylic acids is 1. The van der Waals surface area contributed by atoms with Crippen LogP contribution in [-0.2, 0) is 22.9 Å². The molecule has 5 rings (SSSR count). The van der Waals surface area contributed by atoms with Crippen LogP contribution in [0.5, 0.6) is 0 Å². The highest BCUT2D eigenvalue weighted by molar-refractivity contribution is 5.75. The fourth-order valence-corrected chi connectivity index (χ4v) is 4.47. The monoisotopic (exact) mass is 525 g/mol. The van der Waals surface area contributed by atoms with Crippen LogP contribution in [0.15, 0.2) is 53.4 Å². The Labute approximate surface area is 216 Å². The van der Waals surface area contributed by atoms with Gasteiger partial charge in [0.2, 0.25) is 5.91 Å². The van der Waals surface area contributed by atoms with Gasteiger partial charge in [0, 0.05) is 32.1 Å². The van der Waals surface area contributed by atoms with Crippen LogP contribution in [0, 0.1) is 5.92 Å². The van der Waals surface area contributed by atoms with E-state index in [-0.39, 0.29) is 18.4 Å². The number of alkyl halides is 3. The average Bonchev–Trinajstić information content (AvgIpc) is 3.43. The summed E-state index contributed by atoms with van der Waals surface area (Å²) in [6, 6.07) is 8.28. The lowest BCUT2D eigenvalue weighted by atomic mass is 9.76. The Morgan fingerprint density at radius 3 is 2.47 bits per heavy atom. The van der Waals surface area contributed by atoms with E-state index in [1.165, 1.54) is 15.8 Å². The maximum atomic E-state index is 13.3. The van der Waals surface area contributed by atoms with Gasteiger partial charge >= 0.3 is 6.18 Å². The van der Waals surface area contributed by atoms with Crippen molar-refractivity contribution in [2.75, 3.05) is 19.8 Å². The molecule has 0 spiro atoms. The maximum Gasteiger partial charge on any atom is 0.419 e. The van der Waals surface area contributed by atoms with Gasteiger partial charge in [-0.3, -0.25) is 9.48 Å². The predicted molar refractivity (Wildman–Crippen MR) is 132 cm³/mol. The molecule has 198 valence electrons. The second-order valence-corrected chi connectivity index (χ2v) is 9.85. The molecule has 0 saturated heterocycles. The minimum atomic E-state index is -4.59. The number of aromatic nitrogens is 5. The van der Waals surface area contributed by atoms with Crippen molar-refractivity contribution < 1.29 is 22.5 Å². The van der Waals surface area contributed by atoms with Crippen LogP contribution in [0.2, 0.25) is 0 Å². The molecular formula is C26H26F3N7O2. The zero-order chi connectivity index (χ0) is 27.2. The van der Waals surface area contributed by atoms with Crippen LogP contribution >= 0.6 is 0 Å². The van der Waals surface area contributed by atoms with Gasteiger partial charge in [-0.05, 0) is 42.9 Å². The summed E-state index contributed by atoms with van der Waals surface area (Å²) in [6.45, 7) is 2.13. The summed E-state index contributed by atoms with van der Waals surface area (Å²) >= 11 is 0. The standard InChI is InChI=1S/C26H26F3N7O2/c1-25(19-8-9-19,24-33-23(38-34-24)17-12-32-36(13-17)14-21(37)35(2)3)18-6-4-15(5-7-18)16-10-20(26(27,28)29)22(30)31-11-16/h4-7,10-13,19H,8-9,14H2,1-3H3,(H2,30,31). The van der Waals surface area contributed by atoms with E-state index in [0.717, 1.165) is 24.5 Å². The van der Waals surface area contributed by atoms with Gasteiger partial charge in [-0.25, -0.2) is 4.98 Å². The van der Waals surface area contributed by atoms with E-state index in [4.69, 9.17) is 10.3 Å². The fourth-order valence-electron chi connectivity index (χ4n) is 4.47. The van der Waals surface area contributed by atoms with Gasteiger partial charge in [-0.1, -0.05) is 29.4 Å². The number of pyridine rings is 1. The molecule has 0 radical (unpaired) electrons. The molecule has 2 N–H and O–H groups in total. The summed E-state index contributed by atoms with van der Waals surface area (Å²) in [7, 11) is 3.35. The topological polar surface area (TPSA) is 116 Å². The first kappa shape index (κ1) is 25.4. The largest absolute Gasteiger partial charge is 0.419 e. The Balaban J connectivity index is 1.42. The minimum Gasteiger partial charge on any atom is -0.383 e. The van der Waals surface area contributed by atoms with E-state index in [2.05, 4.69) is 20.2 Å². The van der Waals surface area contributed by atoms with Crippen LogP contribution in [0.4, 0.5) is 19.0 Å². The van der Waals surface area contributed by atoms with Crippen molar-refractivity contribution in [1.82, 2.24) is 29.8 Å². The molecule has 0 bridgehead atoms. The number of hydrogen-bond donors (Lipinski definition) is 1. The van der Waals surface area contributed by atoms with Gasteiger partial charge in [-0.15, -0.1) is 0 Å². The lowest BCUT2D eigenvalue weighted by Gasteiger charge is -2.27. The Morgan fingerprint density at radius 1 is 1.13 bits per heavy atom. The highest BCUT2D eigenvalue weighted by Crippen LogP contribution is 2.50. The molecule has 1 aromatic carbocycles. The molecule has 38 heavy (non-hydrogen) atoms. The number of likely N-dealkylation sites (N-methyl/N-ethyl adjacent to an activating group) is 1. The fraction of sp³-hybridized carbons (Fsp3) is 0.346. The molecule has 1 aliphatic carbocycles. The average molecular weight is 526 g/mol. The molecule has 1 fully saturated rings. The van der Waals surface area contributed by atoms with Crippen molar-refractivity contribution in [3.63, 3.8) is 0 Å². The Hall–Kier alpha value is -4.22. The van der Waals surface area contributed by atoms with Crippen LogP contribution in [-0.4, -0.2) is 49.8 Å². The summed E-state index contributed by atoms with van der Waals surface area (Å²) < 4.78 is 47.0. The van der Waals surface area contributed by atoms with Gasteiger partial charge < -0.3 is 15.2 Å². The third kappa shape index (κ3) is 4.73. The van der Waals surface area contributed by atoms with Gasteiger partial charge in [0.05, 0.1) is 22.7 Å². The molecule has 3 aromatic heterocycles. The van der Waals surface area contributed by atoms with Crippen LogP contribution in [0.3, 0.4) is 0 Å². The predicted octanol–water partition coefficient (Wildman–Crippen LogP) is 4.40.